The largest absolute Gasteiger partial charge is 0.380 e. The number of benzene rings is 2. The van der Waals surface area contributed by atoms with Crippen molar-refractivity contribution in [3.05, 3.63) is 83.7 Å². The van der Waals surface area contributed by atoms with Crippen molar-refractivity contribution in [3.8, 4) is 0 Å². The van der Waals surface area contributed by atoms with E-state index in [4.69, 9.17) is 13.7 Å². The maximum atomic E-state index is 14.4. The Morgan fingerprint density at radius 3 is 2.06 bits per heavy atom. The van der Waals surface area contributed by atoms with Gasteiger partial charge in [-0.1, -0.05) is 93.6 Å². The molecular weight excluding hydrogens is 881 g/mol. The van der Waals surface area contributed by atoms with Crippen LogP contribution < -0.4 is 10.6 Å². The lowest BCUT2D eigenvalue weighted by atomic mass is 9.86. The number of aryl methyl sites for hydroxylation is 2. The van der Waals surface area contributed by atoms with E-state index < -0.39 is 69.6 Å². The van der Waals surface area contributed by atoms with Crippen molar-refractivity contribution in [2.75, 3.05) is 51.8 Å². The summed E-state index contributed by atoms with van der Waals surface area (Å²) in [5, 5.41) is 24.9. The number of nitrogens with one attached hydrogen (secondary N) is 2. The maximum Gasteiger partial charge on any atom is 0.267 e. The van der Waals surface area contributed by atoms with Gasteiger partial charge in [-0.3, -0.25) is 37.7 Å². The smallest absolute Gasteiger partial charge is 0.267 e. The third-order valence-electron chi connectivity index (χ3n) is 11.5. The van der Waals surface area contributed by atoms with Crippen molar-refractivity contribution in [2.45, 2.75) is 110 Å². The number of rotatable bonds is 31. The molecule has 2 amide bonds. The molecule has 4 rings (SSSR count). The van der Waals surface area contributed by atoms with Crippen molar-refractivity contribution in [1.82, 2.24) is 30.5 Å². The molecule has 5 atom stereocenters. The van der Waals surface area contributed by atoms with E-state index in [2.05, 4.69) is 20.9 Å². The van der Waals surface area contributed by atoms with Crippen LogP contribution in [0.25, 0.3) is 0 Å². The molecule has 1 aliphatic heterocycles. The number of aliphatic hydroxyl groups is 1. The van der Waals surface area contributed by atoms with Gasteiger partial charge in [-0.05, 0) is 68.4 Å². The van der Waals surface area contributed by atoms with Crippen LogP contribution >= 0.6 is 0 Å². The van der Waals surface area contributed by atoms with Crippen LogP contribution in [-0.4, -0.2) is 132 Å². The summed E-state index contributed by atoms with van der Waals surface area (Å²) in [6.07, 6.45) is 2.93. The molecule has 3 N–H and O–H groups in total. The summed E-state index contributed by atoms with van der Waals surface area (Å²) in [4.78, 5) is 72.5. The van der Waals surface area contributed by atoms with Gasteiger partial charge >= 0.3 is 0 Å². The predicted molar refractivity (Wildman–Crippen MR) is 252 cm³/mol. The number of ether oxygens (including phenoxy) is 2. The molecule has 2 heterocycles. The van der Waals surface area contributed by atoms with Gasteiger partial charge in [0.15, 0.2) is 11.6 Å². The third-order valence-corrected chi connectivity index (χ3v) is 12.8. The first kappa shape index (κ1) is 54.9. The molecule has 0 radical (unpaired) electrons. The molecule has 17 nitrogen and oxygen atoms in total. The molecule has 0 aliphatic carbocycles. The van der Waals surface area contributed by atoms with E-state index in [0.29, 0.717) is 44.8 Å². The van der Waals surface area contributed by atoms with Crippen molar-refractivity contribution < 1.29 is 51.2 Å². The highest BCUT2D eigenvalue weighted by Gasteiger charge is 2.40. The Morgan fingerprint density at radius 1 is 0.851 bits per heavy atom. The Balaban J connectivity index is 1.47. The topological polar surface area (TPSA) is 225 Å². The van der Waals surface area contributed by atoms with E-state index in [1.807, 2.05) is 93.3 Å². The molecule has 18 heteroatoms. The highest BCUT2D eigenvalue weighted by atomic mass is 32.2. The zero-order valence-corrected chi connectivity index (χ0v) is 40.9. The van der Waals surface area contributed by atoms with Crippen LogP contribution in [-0.2, 0) is 74.2 Å². The minimum absolute atomic E-state index is 0.00413. The van der Waals surface area contributed by atoms with Crippen molar-refractivity contribution in [1.29, 1.82) is 0 Å². The van der Waals surface area contributed by atoms with Crippen molar-refractivity contribution >= 4 is 39.3 Å². The first-order valence-corrected chi connectivity index (χ1v) is 25.0. The maximum absolute atomic E-state index is 14.4. The second kappa shape index (κ2) is 27.3. The van der Waals surface area contributed by atoms with Crippen LogP contribution in [0.5, 0.6) is 0 Å². The summed E-state index contributed by atoms with van der Waals surface area (Å²) in [6.45, 7) is 10.6. The summed E-state index contributed by atoms with van der Waals surface area (Å²) in [5.41, 5.74) is 0.0454. The molecule has 1 unspecified atom stereocenters. The molecule has 1 fully saturated rings. The fourth-order valence-corrected chi connectivity index (χ4v) is 8.91. The van der Waals surface area contributed by atoms with Crippen LogP contribution in [0.2, 0.25) is 0 Å². The fourth-order valence-electron chi connectivity index (χ4n) is 7.91. The Kier molecular flexibility index (Phi) is 22.4. The van der Waals surface area contributed by atoms with Crippen LogP contribution in [0.3, 0.4) is 0 Å². The molecule has 0 saturated carbocycles. The van der Waals surface area contributed by atoms with Crippen LogP contribution in [0.1, 0.15) is 90.0 Å². The van der Waals surface area contributed by atoms with Gasteiger partial charge in [-0.2, -0.15) is 8.42 Å². The zero-order chi connectivity index (χ0) is 49.0. The number of ketones is 3. The van der Waals surface area contributed by atoms with Gasteiger partial charge in [-0.15, -0.1) is 5.10 Å². The monoisotopic (exact) mass is 952 g/mol. The van der Waals surface area contributed by atoms with E-state index in [1.54, 1.807) is 13.2 Å². The molecule has 0 spiro atoms. The molecule has 1 saturated heterocycles. The summed E-state index contributed by atoms with van der Waals surface area (Å²) in [5.74, 6) is -4.63. The summed E-state index contributed by atoms with van der Waals surface area (Å²) in [6, 6.07) is 16.6. The lowest BCUT2D eigenvalue weighted by Gasteiger charge is -2.30. The van der Waals surface area contributed by atoms with E-state index in [-0.39, 0.29) is 81.7 Å². The Bertz CT molecular complexity index is 2130. The SMILES string of the molecule is CC(C)C[C@H](NC(=O)[C@H](CCc1ccccc1)CC(=O)CN1CCOCC1)C(=O)C[C@@H](Cc1ccccc1)C(=O)N[C@@H](CC(C)C)C(=O)C(C)(O)COS(=O)(=O)CCCOCc1cn(C)nn1. The minimum Gasteiger partial charge on any atom is -0.380 e. The van der Waals surface area contributed by atoms with Gasteiger partial charge in [0.1, 0.15) is 23.7 Å². The van der Waals surface area contributed by atoms with E-state index in [9.17, 15) is 37.5 Å². The van der Waals surface area contributed by atoms with Gasteiger partial charge in [0, 0.05) is 51.4 Å². The molecule has 3 aromatic rings. The van der Waals surface area contributed by atoms with E-state index in [1.165, 1.54) is 4.68 Å². The second-order valence-electron chi connectivity index (χ2n) is 18.7. The summed E-state index contributed by atoms with van der Waals surface area (Å²) >= 11 is 0. The van der Waals surface area contributed by atoms with E-state index >= 15 is 0 Å². The number of Topliss-reactive ketones (excluding diaryl/α,β-unsaturated/α-hetero) is 3. The number of carbonyl (C=O) groups excluding carboxylic acids is 5. The number of nitrogens with zero attached hydrogens (tertiary/aromatic N) is 4. The average Bonchev–Trinajstić information content (AvgIpc) is 3.71. The lowest BCUT2D eigenvalue weighted by Crippen LogP contribution is -2.54. The highest BCUT2D eigenvalue weighted by Crippen LogP contribution is 2.22. The van der Waals surface area contributed by atoms with Gasteiger partial charge in [0.25, 0.3) is 10.1 Å². The lowest BCUT2D eigenvalue weighted by molar-refractivity contribution is -0.143. The minimum atomic E-state index is -4.18. The average molecular weight is 953 g/mol. The quantitative estimate of drug-likeness (QED) is 0.0617. The Morgan fingerprint density at radius 2 is 1.45 bits per heavy atom. The molecule has 370 valence electrons. The fraction of sp³-hybridized carbons (Fsp3) is 0.612. The Labute approximate surface area is 396 Å². The second-order valence-corrected chi connectivity index (χ2v) is 20.5. The number of hydrogen-bond donors (Lipinski definition) is 3. The molecular formula is C49H72N6O11S. The van der Waals surface area contributed by atoms with Crippen molar-refractivity contribution in [3.63, 3.8) is 0 Å². The molecule has 1 aromatic heterocycles. The number of hydrogen-bond acceptors (Lipinski definition) is 14. The van der Waals surface area contributed by atoms with Crippen LogP contribution in [0.15, 0.2) is 66.9 Å². The van der Waals surface area contributed by atoms with Crippen LogP contribution in [0, 0.1) is 23.7 Å². The van der Waals surface area contributed by atoms with Crippen LogP contribution in [0.4, 0.5) is 0 Å². The number of aromatic nitrogens is 3. The number of carbonyl (C=O) groups is 5. The van der Waals surface area contributed by atoms with Gasteiger partial charge in [0.2, 0.25) is 11.8 Å². The molecule has 2 aromatic carbocycles. The summed E-state index contributed by atoms with van der Waals surface area (Å²) < 4.78 is 43.1. The first-order valence-electron chi connectivity index (χ1n) is 23.4. The predicted octanol–water partition coefficient (Wildman–Crippen LogP) is 3.81. The normalized spacial score (nSPS) is 16.2. The highest BCUT2D eigenvalue weighted by molar-refractivity contribution is 7.86. The van der Waals surface area contributed by atoms with Gasteiger partial charge < -0.3 is 25.2 Å². The van der Waals surface area contributed by atoms with E-state index in [0.717, 1.165) is 18.1 Å². The van der Waals surface area contributed by atoms with Crippen molar-refractivity contribution in [2.24, 2.45) is 30.7 Å². The first-order chi connectivity index (χ1) is 31.8. The Hall–Kier alpha value is -4.72. The standard InChI is InChI=1S/C49H72N6O11S/c1-35(2)26-43(50-47(59)39(19-18-37-14-9-7-10-15-37)29-42(56)32-55-20-23-64-24-21-55)45(57)30-40(28-38-16-11-8-12-17-38)48(60)51-44(27-36(3)4)46(58)49(5,61)34-66-67(62,63)25-13-22-65-33-41-31-54(6)53-52-41/h7-12,14-17,31,35-36,39-40,43-44,61H,13,18-30,32-34H2,1-6H3,(H,50,59)(H,51,60)/t39-,40-,43+,44+,49?/m1/s1. The zero-order valence-electron chi connectivity index (χ0n) is 40.1. The third kappa shape index (κ3) is 20.2. The summed E-state index contributed by atoms with van der Waals surface area (Å²) in [7, 11) is -2.47. The number of amides is 2. The van der Waals surface area contributed by atoms with Gasteiger partial charge in [0.05, 0.1) is 50.4 Å². The van der Waals surface area contributed by atoms with Gasteiger partial charge in [-0.25, -0.2) is 0 Å². The number of morpholine rings is 1. The molecule has 67 heavy (non-hydrogen) atoms. The molecule has 0 bridgehead atoms. The molecule has 1 aliphatic rings.